The number of piperazine rings is 1. The average Bonchev–Trinajstić information content (AvgIpc) is 2.52. The van der Waals surface area contributed by atoms with Crippen LogP contribution in [0.5, 0.6) is 0 Å². The lowest BCUT2D eigenvalue weighted by molar-refractivity contribution is 0.0595. The number of carbonyl (C=O) groups excluding carboxylic acids is 1. The van der Waals surface area contributed by atoms with Gasteiger partial charge >= 0.3 is 0 Å². The van der Waals surface area contributed by atoms with Crippen molar-refractivity contribution in [1.82, 2.24) is 9.80 Å². The number of amides is 1. The topological polar surface area (TPSA) is 49.6 Å². The molecule has 0 atom stereocenters. The van der Waals surface area contributed by atoms with Crippen molar-refractivity contribution >= 4 is 5.91 Å². The van der Waals surface area contributed by atoms with E-state index in [-0.39, 0.29) is 5.91 Å². The zero-order valence-corrected chi connectivity index (χ0v) is 12.8. The van der Waals surface area contributed by atoms with Gasteiger partial charge in [0.15, 0.2) is 0 Å². The summed E-state index contributed by atoms with van der Waals surface area (Å²) < 4.78 is 0. The second-order valence-corrected chi connectivity index (χ2v) is 5.51. The molecule has 2 rings (SSSR count). The molecule has 0 saturated carbocycles. The van der Waals surface area contributed by atoms with Crippen molar-refractivity contribution in [2.75, 3.05) is 32.7 Å². The Kier molecular flexibility index (Phi) is 5.38. The Morgan fingerprint density at radius 3 is 2.62 bits per heavy atom. The van der Waals surface area contributed by atoms with E-state index in [9.17, 15) is 4.79 Å². The molecule has 21 heavy (non-hydrogen) atoms. The molecule has 1 heterocycles. The van der Waals surface area contributed by atoms with Gasteiger partial charge in [-0.15, -0.1) is 0 Å². The Bertz CT molecular complexity index is 549. The monoisotopic (exact) mass is 285 g/mol. The molecule has 4 heteroatoms. The fraction of sp³-hybridized carbons (Fsp3) is 0.471. The number of carbonyl (C=O) groups is 1. The molecule has 0 aromatic heterocycles. The summed E-state index contributed by atoms with van der Waals surface area (Å²) in [5, 5.41) is 0. The van der Waals surface area contributed by atoms with E-state index in [1.54, 1.807) is 0 Å². The highest BCUT2D eigenvalue weighted by atomic mass is 16.2. The van der Waals surface area contributed by atoms with E-state index in [4.69, 9.17) is 5.73 Å². The van der Waals surface area contributed by atoms with Crippen molar-refractivity contribution in [2.45, 2.75) is 19.9 Å². The van der Waals surface area contributed by atoms with Crippen LogP contribution in [-0.2, 0) is 0 Å². The SMILES string of the molecule is CC(C)N1CCN(C(=O)c2cccc(C#CCN)c2)CC1. The molecule has 112 valence electrons. The van der Waals surface area contributed by atoms with Gasteiger partial charge in [-0.25, -0.2) is 0 Å². The van der Waals surface area contributed by atoms with Gasteiger partial charge in [-0.05, 0) is 32.0 Å². The molecule has 1 aromatic carbocycles. The van der Waals surface area contributed by atoms with E-state index < -0.39 is 0 Å². The van der Waals surface area contributed by atoms with Gasteiger partial charge in [0, 0.05) is 43.3 Å². The fourth-order valence-corrected chi connectivity index (χ4v) is 2.51. The van der Waals surface area contributed by atoms with E-state index in [0.29, 0.717) is 18.2 Å². The summed E-state index contributed by atoms with van der Waals surface area (Å²) in [6.45, 7) is 8.17. The third-order valence-electron chi connectivity index (χ3n) is 3.78. The maximum atomic E-state index is 12.5. The van der Waals surface area contributed by atoms with Gasteiger partial charge in [-0.2, -0.15) is 0 Å². The molecule has 0 aliphatic carbocycles. The predicted octanol–water partition coefficient (Wildman–Crippen LogP) is 1.16. The third kappa shape index (κ3) is 4.07. The van der Waals surface area contributed by atoms with E-state index in [2.05, 4.69) is 30.6 Å². The highest BCUT2D eigenvalue weighted by molar-refractivity contribution is 5.94. The van der Waals surface area contributed by atoms with Crippen molar-refractivity contribution < 1.29 is 4.79 Å². The minimum absolute atomic E-state index is 0.0924. The van der Waals surface area contributed by atoms with E-state index >= 15 is 0 Å². The minimum atomic E-state index is 0.0924. The maximum absolute atomic E-state index is 12.5. The number of rotatable bonds is 2. The highest BCUT2D eigenvalue weighted by Crippen LogP contribution is 2.12. The highest BCUT2D eigenvalue weighted by Gasteiger charge is 2.23. The van der Waals surface area contributed by atoms with Gasteiger partial charge in [0.2, 0.25) is 0 Å². The zero-order chi connectivity index (χ0) is 15.2. The minimum Gasteiger partial charge on any atom is -0.336 e. The number of nitrogens with two attached hydrogens (primary N) is 1. The Hall–Kier alpha value is -1.83. The lowest BCUT2D eigenvalue weighted by atomic mass is 10.1. The Morgan fingerprint density at radius 1 is 1.29 bits per heavy atom. The van der Waals surface area contributed by atoms with Gasteiger partial charge in [0.1, 0.15) is 0 Å². The molecule has 1 fully saturated rings. The summed E-state index contributed by atoms with van der Waals surface area (Å²) >= 11 is 0. The van der Waals surface area contributed by atoms with Crippen molar-refractivity contribution in [3.05, 3.63) is 35.4 Å². The smallest absolute Gasteiger partial charge is 0.253 e. The molecule has 0 spiro atoms. The summed E-state index contributed by atoms with van der Waals surface area (Å²) in [6, 6.07) is 8.01. The number of nitrogens with zero attached hydrogens (tertiary/aromatic N) is 2. The van der Waals surface area contributed by atoms with Crippen molar-refractivity contribution in [3.8, 4) is 11.8 Å². The molecular weight excluding hydrogens is 262 g/mol. The molecule has 0 unspecified atom stereocenters. The summed E-state index contributed by atoms with van der Waals surface area (Å²) in [4.78, 5) is 16.9. The standard InChI is InChI=1S/C17H23N3O/c1-14(2)19-9-11-20(12-10-19)17(21)16-7-3-5-15(13-16)6-4-8-18/h3,5,7,13-14H,8-12,18H2,1-2H3. The van der Waals surface area contributed by atoms with Crippen molar-refractivity contribution in [3.63, 3.8) is 0 Å². The summed E-state index contributed by atoms with van der Waals surface area (Å²) in [7, 11) is 0. The van der Waals surface area contributed by atoms with E-state index in [1.165, 1.54) is 0 Å². The molecule has 0 bridgehead atoms. The van der Waals surface area contributed by atoms with Gasteiger partial charge in [-0.1, -0.05) is 17.9 Å². The summed E-state index contributed by atoms with van der Waals surface area (Å²) in [6.07, 6.45) is 0. The second kappa shape index (κ2) is 7.26. The Morgan fingerprint density at radius 2 is 2.00 bits per heavy atom. The first-order chi connectivity index (χ1) is 10.1. The van der Waals surface area contributed by atoms with Crippen LogP contribution in [0.1, 0.15) is 29.8 Å². The van der Waals surface area contributed by atoms with Crippen LogP contribution in [0.15, 0.2) is 24.3 Å². The number of hydrogen-bond acceptors (Lipinski definition) is 3. The van der Waals surface area contributed by atoms with Crippen LogP contribution >= 0.6 is 0 Å². The van der Waals surface area contributed by atoms with Crippen LogP contribution < -0.4 is 5.73 Å². The van der Waals surface area contributed by atoms with E-state index in [1.807, 2.05) is 29.2 Å². The molecule has 0 radical (unpaired) electrons. The summed E-state index contributed by atoms with van der Waals surface area (Å²) in [5.74, 6) is 5.88. The molecular formula is C17H23N3O. The van der Waals surface area contributed by atoms with Gasteiger partial charge in [-0.3, -0.25) is 9.69 Å². The summed E-state index contributed by atoms with van der Waals surface area (Å²) in [5.41, 5.74) is 6.92. The normalized spacial score (nSPS) is 15.7. The maximum Gasteiger partial charge on any atom is 0.253 e. The molecule has 4 nitrogen and oxygen atoms in total. The largest absolute Gasteiger partial charge is 0.336 e. The molecule has 1 aliphatic heterocycles. The van der Waals surface area contributed by atoms with Gasteiger partial charge < -0.3 is 10.6 Å². The van der Waals surface area contributed by atoms with E-state index in [0.717, 1.165) is 31.7 Å². The van der Waals surface area contributed by atoms with Crippen LogP contribution in [0, 0.1) is 11.8 Å². The van der Waals surface area contributed by atoms with Crippen LogP contribution in [0.2, 0.25) is 0 Å². The molecule has 1 saturated heterocycles. The average molecular weight is 285 g/mol. The molecule has 1 aliphatic rings. The lowest BCUT2D eigenvalue weighted by Crippen LogP contribution is -2.50. The predicted molar refractivity (Wildman–Crippen MR) is 85.0 cm³/mol. The van der Waals surface area contributed by atoms with Gasteiger partial charge in [0.05, 0.1) is 6.54 Å². The van der Waals surface area contributed by atoms with Crippen molar-refractivity contribution in [2.24, 2.45) is 5.73 Å². The van der Waals surface area contributed by atoms with Crippen molar-refractivity contribution in [1.29, 1.82) is 0 Å². The number of hydrogen-bond donors (Lipinski definition) is 1. The number of benzene rings is 1. The van der Waals surface area contributed by atoms with Crippen LogP contribution in [-0.4, -0.2) is 54.5 Å². The molecule has 1 amide bonds. The first-order valence-corrected chi connectivity index (χ1v) is 7.44. The van der Waals surface area contributed by atoms with Gasteiger partial charge in [0.25, 0.3) is 5.91 Å². The zero-order valence-electron chi connectivity index (χ0n) is 12.8. The van der Waals surface area contributed by atoms with Crippen LogP contribution in [0.25, 0.3) is 0 Å². The molecule has 1 aromatic rings. The Labute approximate surface area is 126 Å². The fourth-order valence-electron chi connectivity index (χ4n) is 2.51. The first kappa shape index (κ1) is 15.6. The molecule has 2 N–H and O–H groups in total. The second-order valence-electron chi connectivity index (χ2n) is 5.51. The lowest BCUT2D eigenvalue weighted by Gasteiger charge is -2.37. The first-order valence-electron chi connectivity index (χ1n) is 7.44. The van der Waals surface area contributed by atoms with Crippen LogP contribution in [0.4, 0.5) is 0 Å². The van der Waals surface area contributed by atoms with Crippen LogP contribution in [0.3, 0.4) is 0 Å². The Balaban J connectivity index is 2.04. The quantitative estimate of drug-likeness (QED) is 0.830. The third-order valence-corrected chi connectivity index (χ3v) is 3.78.